The molecular formula is C14H27NO. The number of ether oxygens (including phenoxy) is 1. The summed E-state index contributed by atoms with van der Waals surface area (Å²) in [6.45, 7) is 12.1. The smallest absolute Gasteiger partial charge is 0.0594 e. The average Bonchev–Trinajstić information content (AvgIpc) is 2.28. The van der Waals surface area contributed by atoms with Crippen LogP contribution in [0, 0.1) is 5.92 Å². The average molecular weight is 225 g/mol. The molecule has 1 fully saturated rings. The first-order valence-corrected chi connectivity index (χ1v) is 6.68. The minimum absolute atomic E-state index is 0.804. The summed E-state index contributed by atoms with van der Waals surface area (Å²) >= 11 is 0. The minimum atomic E-state index is 0.804. The maximum atomic E-state index is 5.36. The highest BCUT2D eigenvalue weighted by Gasteiger charge is 2.13. The Labute approximate surface area is 101 Å². The Morgan fingerprint density at radius 2 is 2.06 bits per heavy atom. The van der Waals surface area contributed by atoms with Crippen molar-refractivity contribution in [3.63, 3.8) is 0 Å². The molecule has 0 radical (unpaired) electrons. The molecule has 0 spiro atoms. The summed E-state index contributed by atoms with van der Waals surface area (Å²) in [5.41, 5.74) is 1.55. The van der Waals surface area contributed by atoms with Crippen LogP contribution >= 0.6 is 0 Å². The Morgan fingerprint density at radius 3 is 2.69 bits per heavy atom. The lowest BCUT2D eigenvalue weighted by molar-refractivity contribution is 0.0313. The summed E-state index contributed by atoms with van der Waals surface area (Å²) < 4.78 is 5.36. The largest absolute Gasteiger partial charge is 0.379 e. The van der Waals surface area contributed by atoms with E-state index >= 15 is 0 Å². The molecular weight excluding hydrogens is 198 g/mol. The zero-order valence-electron chi connectivity index (χ0n) is 11.2. The summed E-state index contributed by atoms with van der Waals surface area (Å²) in [7, 11) is 0. The van der Waals surface area contributed by atoms with Gasteiger partial charge in [0.15, 0.2) is 0 Å². The molecule has 0 bridgehead atoms. The molecule has 0 aromatic carbocycles. The number of hydrogen-bond acceptors (Lipinski definition) is 2. The van der Waals surface area contributed by atoms with Gasteiger partial charge in [-0.25, -0.2) is 0 Å². The normalized spacial score (nSPS) is 21.1. The minimum Gasteiger partial charge on any atom is -0.379 e. The van der Waals surface area contributed by atoms with Crippen LogP contribution in [0.4, 0.5) is 0 Å². The maximum absolute atomic E-state index is 5.36. The third-order valence-electron chi connectivity index (χ3n) is 3.26. The van der Waals surface area contributed by atoms with Crippen molar-refractivity contribution in [3.8, 4) is 0 Å². The van der Waals surface area contributed by atoms with E-state index in [4.69, 9.17) is 4.74 Å². The van der Waals surface area contributed by atoms with Crippen LogP contribution in [0.15, 0.2) is 11.6 Å². The Bertz CT molecular complexity index is 207. The van der Waals surface area contributed by atoms with Gasteiger partial charge in [-0.05, 0) is 32.1 Å². The zero-order valence-corrected chi connectivity index (χ0v) is 11.2. The van der Waals surface area contributed by atoms with Crippen LogP contribution in [0.5, 0.6) is 0 Å². The molecule has 2 nitrogen and oxygen atoms in total. The SMILES string of the molecule is CCC=C(C)CCC(C)CN1CCOCC1. The van der Waals surface area contributed by atoms with Crippen LogP contribution in [0.25, 0.3) is 0 Å². The molecule has 0 saturated carbocycles. The Balaban J connectivity index is 2.14. The van der Waals surface area contributed by atoms with E-state index in [0.29, 0.717) is 0 Å². The number of morpholine rings is 1. The van der Waals surface area contributed by atoms with Crippen molar-refractivity contribution in [3.05, 3.63) is 11.6 Å². The van der Waals surface area contributed by atoms with Crippen LogP contribution in [-0.4, -0.2) is 37.7 Å². The van der Waals surface area contributed by atoms with Crippen molar-refractivity contribution in [2.75, 3.05) is 32.8 Å². The molecule has 1 unspecified atom stereocenters. The lowest BCUT2D eigenvalue weighted by Crippen LogP contribution is -2.38. The number of rotatable bonds is 6. The standard InChI is InChI=1S/C14H27NO/c1-4-5-13(2)6-7-14(3)12-15-8-10-16-11-9-15/h5,14H,4,6-12H2,1-3H3. The van der Waals surface area contributed by atoms with Gasteiger partial charge in [-0.15, -0.1) is 0 Å². The molecule has 1 atom stereocenters. The highest BCUT2D eigenvalue weighted by atomic mass is 16.5. The molecule has 1 aliphatic rings. The molecule has 0 amide bonds. The van der Waals surface area contributed by atoms with Gasteiger partial charge in [0.25, 0.3) is 0 Å². The molecule has 1 rings (SSSR count). The second-order valence-electron chi connectivity index (χ2n) is 5.02. The number of allylic oxidation sites excluding steroid dienone is 2. The fraction of sp³-hybridized carbons (Fsp3) is 0.857. The molecule has 0 aliphatic carbocycles. The van der Waals surface area contributed by atoms with Gasteiger partial charge >= 0.3 is 0 Å². The zero-order chi connectivity index (χ0) is 11.8. The second kappa shape index (κ2) is 7.86. The Hall–Kier alpha value is -0.340. The molecule has 1 aliphatic heterocycles. The molecule has 0 aromatic heterocycles. The van der Waals surface area contributed by atoms with Gasteiger partial charge < -0.3 is 4.74 Å². The van der Waals surface area contributed by atoms with Gasteiger partial charge in [-0.1, -0.05) is 25.5 Å². The van der Waals surface area contributed by atoms with E-state index < -0.39 is 0 Å². The van der Waals surface area contributed by atoms with Gasteiger partial charge in [0.2, 0.25) is 0 Å². The summed E-state index contributed by atoms with van der Waals surface area (Å²) in [6.07, 6.45) is 6.10. The Kier molecular flexibility index (Phi) is 6.74. The van der Waals surface area contributed by atoms with E-state index in [-0.39, 0.29) is 0 Å². The monoisotopic (exact) mass is 225 g/mol. The highest BCUT2D eigenvalue weighted by molar-refractivity contribution is 4.97. The van der Waals surface area contributed by atoms with E-state index in [1.165, 1.54) is 25.8 Å². The van der Waals surface area contributed by atoms with E-state index in [9.17, 15) is 0 Å². The van der Waals surface area contributed by atoms with Crippen LogP contribution in [-0.2, 0) is 4.74 Å². The van der Waals surface area contributed by atoms with Crippen LogP contribution < -0.4 is 0 Å². The number of nitrogens with zero attached hydrogens (tertiary/aromatic N) is 1. The van der Waals surface area contributed by atoms with Gasteiger partial charge in [0, 0.05) is 19.6 Å². The first-order valence-electron chi connectivity index (χ1n) is 6.68. The van der Waals surface area contributed by atoms with Gasteiger partial charge in [0.1, 0.15) is 0 Å². The third-order valence-corrected chi connectivity index (χ3v) is 3.26. The molecule has 0 N–H and O–H groups in total. The topological polar surface area (TPSA) is 12.5 Å². The van der Waals surface area contributed by atoms with Crippen molar-refractivity contribution in [1.29, 1.82) is 0 Å². The van der Waals surface area contributed by atoms with Crippen molar-refractivity contribution < 1.29 is 4.74 Å². The molecule has 16 heavy (non-hydrogen) atoms. The highest BCUT2D eigenvalue weighted by Crippen LogP contribution is 2.14. The Morgan fingerprint density at radius 1 is 1.38 bits per heavy atom. The van der Waals surface area contributed by atoms with Crippen molar-refractivity contribution in [2.24, 2.45) is 5.92 Å². The molecule has 94 valence electrons. The van der Waals surface area contributed by atoms with Crippen LogP contribution in [0.1, 0.15) is 40.0 Å². The maximum Gasteiger partial charge on any atom is 0.0594 e. The summed E-state index contributed by atoms with van der Waals surface area (Å²) in [4.78, 5) is 2.53. The van der Waals surface area contributed by atoms with Crippen molar-refractivity contribution in [1.82, 2.24) is 4.90 Å². The van der Waals surface area contributed by atoms with Crippen molar-refractivity contribution in [2.45, 2.75) is 40.0 Å². The predicted molar refractivity (Wildman–Crippen MR) is 69.7 cm³/mol. The van der Waals surface area contributed by atoms with Crippen LogP contribution in [0.3, 0.4) is 0 Å². The second-order valence-corrected chi connectivity index (χ2v) is 5.02. The molecule has 0 aromatic rings. The van der Waals surface area contributed by atoms with Crippen molar-refractivity contribution >= 4 is 0 Å². The summed E-state index contributed by atoms with van der Waals surface area (Å²) in [6, 6.07) is 0. The first kappa shape index (κ1) is 13.7. The summed E-state index contributed by atoms with van der Waals surface area (Å²) in [5.74, 6) is 0.804. The van der Waals surface area contributed by atoms with E-state index in [1.54, 1.807) is 5.57 Å². The molecule has 2 heteroatoms. The fourth-order valence-electron chi connectivity index (χ4n) is 2.24. The van der Waals surface area contributed by atoms with E-state index in [1.807, 2.05) is 0 Å². The fourth-order valence-corrected chi connectivity index (χ4v) is 2.24. The number of hydrogen-bond donors (Lipinski definition) is 0. The summed E-state index contributed by atoms with van der Waals surface area (Å²) in [5, 5.41) is 0. The van der Waals surface area contributed by atoms with Gasteiger partial charge in [-0.3, -0.25) is 4.90 Å². The lowest BCUT2D eigenvalue weighted by Gasteiger charge is -2.29. The predicted octanol–water partition coefficient (Wildman–Crippen LogP) is 3.09. The van der Waals surface area contributed by atoms with Gasteiger partial charge in [0.05, 0.1) is 13.2 Å². The van der Waals surface area contributed by atoms with E-state index in [2.05, 4.69) is 31.7 Å². The first-order chi connectivity index (χ1) is 7.72. The quantitative estimate of drug-likeness (QED) is 0.644. The van der Waals surface area contributed by atoms with Crippen LogP contribution in [0.2, 0.25) is 0 Å². The molecule has 1 heterocycles. The molecule has 1 saturated heterocycles. The van der Waals surface area contributed by atoms with E-state index in [0.717, 1.165) is 32.2 Å². The lowest BCUT2D eigenvalue weighted by atomic mass is 10.0. The third kappa shape index (κ3) is 5.66. The van der Waals surface area contributed by atoms with Gasteiger partial charge in [-0.2, -0.15) is 0 Å².